The van der Waals surface area contributed by atoms with E-state index in [1.165, 1.54) is 25.0 Å². The van der Waals surface area contributed by atoms with Gasteiger partial charge in [-0.15, -0.1) is 0 Å². The monoisotopic (exact) mass is 341 g/mol. The second-order valence-electron chi connectivity index (χ2n) is 6.68. The topological polar surface area (TPSA) is 38.3 Å². The first-order chi connectivity index (χ1) is 12.1. The first-order valence-corrected chi connectivity index (χ1v) is 8.92. The highest BCUT2D eigenvalue weighted by Crippen LogP contribution is 2.25. The van der Waals surface area contributed by atoms with Gasteiger partial charge in [-0.05, 0) is 74.4 Å². The van der Waals surface area contributed by atoms with Crippen molar-refractivity contribution in [3.8, 4) is 5.75 Å². The highest BCUT2D eigenvalue weighted by Gasteiger charge is 2.16. The first kappa shape index (κ1) is 17.5. The Morgan fingerprint density at radius 1 is 1.20 bits per heavy atom. The van der Waals surface area contributed by atoms with Crippen molar-refractivity contribution >= 4 is 11.6 Å². The molecule has 1 aliphatic carbocycles. The number of carbonyl (C=O) groups is 1. The minimum atomic E-state index is -0.349. The molecule has 3 rings (SSSR count). The number of carbonyl (C=O) groups excluding carboxylic acids is 1. The predicted molar refractivity (Wildman–Crippen MR) is 97.4 cm³/mol. The van der Waals surface area contributed by atoms with Gasteiger partial charge in [0.2, 0.25) is 5.91 Å². The van der Waals surface area contributed by atoms with Crippen LogP contribution in [0, 0.1) is 12.7 Å². The van der Waals surface area contributed by atoms with Crippen molar-refractivity contribution in [1.29, 1.82) is 0 Å². The lowest BCUT2D eigenvalue weighted by Crippen LogP contribution is -2.13. The molecule has 0 atom stereocenters. The van der Waals surface area contributed by atoms with E-state index < -0.39 is 0 Å². The standard InChI is InChI=1S/C21H24FNO2/c1-15-9-11-17(22)14-20(15)23-21(24)12-10-16-5-4-8-19(13-16)25-18-6-2-3-7-18/h4-5,8-9,11,13-14,18H,2-3,6-7,10,12H2,1H3,(H,23,24). The van der Waals surface area contributed by atoms with Crippen LogP contribution in [0.25, 0.3) is 0 Å². The maximum atomic E-state index is 13.3. The lowest BCUT2D eigenvalue weighted by Gasteiger charge is -2.14. The fourth-order valence-electron chi connectivity index (χ4n) is 3.17. The molecule has 0 unspecified atom stereocenters. The van der Waals surface area contributed by atoms with E-state index in [1.807, 2.05) is 31.2 Å². The summed E-state index contributed by atoms with van der Waals surface area (Å²) in [6.45, 7) is 1.85. The SMILES string of the molecule is Cc1ccc(F)cc1NC(=O)CCc1cccc(OC2CCCC2)c1. The van der Waals surface area contributed by atoms with Gasteiger partial charge in [-0.2, -0.15) is 0 Å². The highest BCUT2D eigenvalue weighted by atomic mass is 19.1. The van der Waals surface area contributed by atoms with Crippen molar-refractivity contribution in [3.05, 3.63) is 59.4 Å². The van der Waals surface area contributed by atoms with Crippen LogP contribution >= 0.6 is 0 Å². The first-order valence-electron chi connectivity index (χ1n) is 8.92. The molecule has 0 heterocycles. The molecule has 3 nitrogen and oxygen atoms in total. The Hall–Kier alpha value is -2.36. The van der Waals surface area contributed by atoms with Crippen molar-refractivity contribution in [2.75, 3.05) is 5.32 Å². The van der Waals surface area contributed by atoms with Crippen LogP contribution in [0.1, 0.15) is 43.2 Å². The average Bonchev–Trinajstić information content (AvgIpc) is 3.10. The zero-order valence-electron chi connectivity index (χ0n) is 14.6. The van der Waals surface area contributed by atoms with Crippen molar-refractivity contribution < 1.29 is 13.9 Å². The lowest BCUT2D eigenvalue weighted by molar-refractivity contribution is -0.116. The van der Waals surface area contributed by atoms with Crippen LogP contribution < -0.4 is 10.1 Å². The molecule has 2 aromatic rings. The average molecular weight is 341 g/mol. The van der Waals surface area contributed by atoms with Crippen LogP contribution in [0.3, 0.4) is 0 Å². The Morgan fingerprint density at radius 3 is 2.80 bits per heavy atom. The maximum Gasteiger partial charge on any atom is 0.224 e. The van der Waals surface area contributed by atoms with Gasteiger partial charge in [0.1, 0.15) is 11.6 Å². The zero-order valence-corrected chi connectivity index (χ0v) is 14.6. The minimum absolute atomic E-state index is 0.115. The number of ether oxygens (including phenoxy) is 1. The smallest absolute Gasteiger partial charge is 0.224 e. The number of aryl methyl sites for hydroxylation is 2. The quantitative estimate of drug-likeness (QED) is 0.800. The third-order valence-corrected chi connectivity index (χ3v) is 4.62. The van der Waals surface area contributed by atoms with Crippen molar-refractivity contribution in [2.45, 2.75) is 51.6 Å². The van der Waals surface area contributed by atoms with E-state index in [4.69, 9.17) is 4.74 Å². The number of amides is 1. The van der Waals surface area contributed by atoms with E-state index in [9.17, 15) is 9.18 Å². The van der Waals surface area contributed by atoms with Gasteiger partial charge in [-0.25, -0.2) is 4.39 Å². The number of hydrogen-bond acceptors (Lipinski definition) is 2. The maximum absolute atomic E-state index is 13.3. The third-order valence-electron chi connectivity index (χ3n) is 4.62. The normalized spacial score (nSPS) is 14.5. The molecule has 0 bridgehead atoms. The van der Waals surface area contributed by atoms with Gasteiger partial charge in [0.25, 0.3) is 0 Å². The van der Waals surface area contributed by atoms with Crippen LogP contribution in [0.5, 0.6) is 5.75 Å². The fraction of sp³-hybridized carbons (Fsp3) is 0.381. The lowest BCUT2D eigenvalue weighted by atomic mass is 10.1. The molecule has 0 aliphatic heterocycles. The minimum Gasteiger partial charge on any atom is -0.490 e. The molecule has 4 heteroatoms. The van der Waals surface area contributed by atoms with E-state index in [0.717, 1.165) is 29.7 Å². The molecule has 1 amide bonds. The molecule has 2 aromatic carbocycles. The molecule has 132 valence electrons. The Labute approximate surface area is 148 Å². The van der Waals surface area contributed by atoms with Crippen LogP contribution in [0.2, 0.25) is 0 Å². The molecule has 25 heavy (non-hydrogen) atoms. The third kappa shape index (κ3) is 5.05. The van der Waals surface area contributed by atoms with Gasteiger partial charge >= 0.3 is 0 Å². The number of nitrogens with one attached hydrogen (secondary N) is 1. The van der Waals surface area contributed by atoms with Crippen LogP contribution in [-0.4, -0.2) is 12.0 Å². The molecular formula is C21H24FNO2. The fourth-order valence-corrected chi connectivity index (χ4v) is 3.17. The molecular weight excluding hydrogens is 317 g/mol. The molecule has 1 aliphatic rings. The summed E-state index contributed by atoms with van der Waals surface area (Å²) in [6, 6.07) is 12.4. The van der Waals surface area contributed by atoms with Crippen molar-refractivity contribution in [1.82, 2.24) is 0 Å². The molecule has 0 saturated heterocycles. The number of hydrogen-bond donors (Lipinski definition) is 1. The second kappa shape index (κ2) is 8.15. The summed E-state index contributed by atoms with van der Waals surface area (Å²) < 4.78 is 19.3. The summed E-state index contributed by atoms with van der Waals surface area (Å²) in [4.78, 5) is 12.1. The van der Waals surface area contributed by atoms with Crippen molar-refractivity contribution in [2.24, 2.45) is 0 Å². The summed E-state index contributed by atoms with van der Waals surface area (Å²) in [5.74, 6) is 0.416. The van der Waals surface area contributed by atoms with E-state index >= 15 is 0 Å². The molecule has 0 aromatic heterocycles. The Bertz CT molecular complexity index is 738. The molecule has 1 saturated carbocycles. The Balaban J connectivity index is 1.54. The van der Waals surface area contributed by atoms with E-state index in [1.54, 1.807) is 6.07 Å². The molecule has 1 N–H and O–H groups in total. The molecule has 1 fully saturated rings. The van der Waals surface area contributed by atoms with Gasteiger partial charge < -0.3 is 10.1 Å². The Morgan fingerprint density at radius 2 is 2.00 bits per heavy atom. The van der Waals surface area contributed by atoms with Crippen molar-refractivity contribution in [3.63, 3.8) is 0 Å². The van der Waals surface area contributed by atoms with Gasteiger partial charge in [-0.1, -0.05) is 18.2 Å². The van der Waals surface area contributed by atoms with Gasteiger partial charge in [-0.3, -0.25) is 4.79 Å². The second-order valence-corrected chi connectivity index (χ2v) is 6.68. The summed E-state index contributed by atoms with van der Waals surface area (Å²) in [7, 11) is 0. The van der Waals surface area contributed by atoms with Crippen LogP contribution in [-0.2, 0) is 11.2 Å². The van der Waals surface area contributed by atoms with Crippen LogP contribution in [0.15, 0.2) is 42.5 Å². The number of rotatable bonds is 6. The number of halogens is 1. The predicted octanol–water partition coefficient (Wildman–Crippen LogP) is 5.03. The number of benzene rings is 2. The van der Waals surface area contributed by atoms with Gasteiger partial charge in [0.15, 0.2) is 0 Å². The molecule has 0 radical (unpaired) electrons. The van der Waals surface area contributed by atoms with E-state index in [2.05, 4.69) is 5.32 Å². The zero-order chi connectivity index (χ0) is 17.6. The number of anilines is 1. The van der Waals surface area contributed by atoms with Gasteiger partial charge in [0.05, 0.1) is 6.10 Å². The summed E-state index contributed by atoms with van der Waals surface area (Å²) in [5.41, 5.74) is 2.45. The summed E-state index contributed by atoms with van der Waals surface area (Å²) in [6.07, 6.45) is 6.03. The molecule has 0 spiro atoms. The summed E-state index contributed by atoms with van der Waals surface area (Å²) >= 11 is 0. The van der Waals surface area contributed by atoms with E-state index in [-0.39, 0.29) is 11.7 Å². The summed E-state index contributed by atoms with van der Waals surface area (Å²) in [5, 5.41) is 2.78. The van der Waals surface area contributed by atoms with E-state index in [0.29, 0.717) is 24.6 Å². The van der Waals surface area contributed by atoms with Gasteiger partial charge in [0, 0.05) is 12.1 Å². The highest BCUT2D eigenvalue weighted by molar-refractivity contribution is 5.91. The van der Waals surface area contributed by atoms with Crippen LogP contribution in [0.4, 0.5) is 10.1 Å². The Kier molecular flexibility index (Phi) is 5.69. The largest absolute Gasteiger partial charge is 0.490 e.